The summed E-state index contributed by atoms with van der Waals surface area (Å²) in [4.78, 5) is 39.0. The van der Waals surface area contributed by atoms with Crippen LogP contribution >= 0.6 is 0 Å². The van der Waals surface area contributed by atoms with Gasteiger partial charge in [-0.05, 0) is 53.9 Å². The molecule has 1 aliphatic carbocycles. The van der Waals surface area contributed by atoms with E-state index >= 15 is 0 Å². The Kier molecular flexibility index (Phi) is 7.73. The third-order valence-corrected chi connectivity index (χ3v) is 7.12. The predicted octanol–water partition coefficient (Wildman–Crippen LogP) is 4.65. The summed E-state index contributed by atoms with van der Waals surface area (Å²) in [5.41, 5.74) is 4.59. The number of aliphatic carboxylic acids is 1. The minimum Gasteiger partial charge on any atom is -0.481 e. The number of hydrogen-bond acceptors (Lipinski definition) is 4. The molecule has 2 aromatic carbocycles. The van der Waals surface area contributed by atoms with Crippen LogP contribution in [0.2, 0.25) is 0 Å². The molecule has 1 fully saturated rings. The predicted molar refractivity (Wildman–Crippen MR) is 133 cm³/mol. The van der Waals surface area contributed by atoms with Crippen LogP contribution in [-0.4, -0.2) is 53.7 Å². The fraction of sp³-hybridized carbons (Fsp3) is 0.464. The summed E-state index contributed by atoms with van der Waals surface area (Å²) < 4.78 is 5.66. The third-order valence-electron chi connectivity index (χ3n) is 7.12. The molecule has 4 rings (SSSR count). The van der Waals surface area contributed by atoms with Crippen molar-refractivity contribution in [1.82, 2.24) is 10.2 Å². The molecule has 2 aliphatic rings. The molecule has 2 amide bonds. The van der Waals surface area contributed by atoms with E-state index in [-0.39, 0.29) is 18.4 Å². The van der Waals surface area contributed by atoms with E-state index in [1.165, 1.54) is 0 Å². The lowest BCUT2D eigenvalue weighted by Crippen LogP contribution is -2.51. The molecule has 0 radical (unpaired) electrons. The van der Waals surface area contributed by atoms with Gasteiger partial charge >= 0.3 is 12.1 Å². The number of carbonyl (C=O) groups is 3. The van der Waals surface area contributed by atoms with E-state index in [0.717, 1.165) is 28.7 Å². The van der Waals surface area contributed by atoms with Crippen LogP contribution in [0.1, 0.15) is 56.6 Å². The van der Waals surface area contributed by atoms with Crippen molar-refractivity contribution in [2.45, 2.75) is 51.5 Å². The monoisotopic (exact) mass is 478 g/mol. The van der Waals surface area contributed by atoms with Crippen molar-refractivity contribution in [2.24, 2.45) is 11.8 Å². The zero-order valence-corrected chi connectivity index (χ0v) is 20.4. The van der Waals surface area contributed by atoms with Crippen LogP contribution in [0, 0.1) is 11.8 Å². The molecule has 0 saturated carbocycles. The van der Waals surface area contributed by atoms with Crippen LogP contribution in [0.5, 0.6) is 0 Å². The van der Waals surface area contributed by atoms with Crippen molar-refractivity contribution in [1.29, 1.82) is 0 Å². The van der Waals surface area contributed by atoms with E-state index in [1.807, 2.05) is 24.3 Å². The summed E-state index contributed by atoms with van der Waals surface area (Å²) in [6, 6.07) is 15.6. The Morgan fingerprint density at radius 1 is 0.971 bits per heavy atom. The number of alkyl carbamates (subject to hydrolysis) is 1. The number of carbonyl (C=O) groups excluding carboxylic acids is 2. The van der Waals surface area contributed by atoms with Crippen LogP contribution in [0.15, 0.2) is 48.5 Å². The minimum absolute atomic E-state index is 0.0481. The summed E-state index contributed by atoms with van der Waals surface area (Å²) in [6.45, 7) is 5.12. The number of carboxylic acid groups (broad SMARTS) is 1. The van der Waals surface area contributed by atoms with Gasteiger partial charge in [-0.3, -0.25) is 9.59 Å². The van der Waals surface area contributed by atoms with E-state index < -0.39 is 24.0 Å². The molecule has 35 heavy (non-hydrogen) atoms. The van der Waals surface area contributed by atoms with E-state index in [4.69, 9.17) is 4.74 Å². The number of likely N-dealkylation sites (tertiary alicyclic amines) is 1. The molecule has 0 bridgehead atoms. The second kappa shape index (κ2) is 10.9. The van der Waals surface area contributed by atoms with Crippen LogP contribution in [0.3, 0.4) is 0 Å². The van der Waals surface area contributed by atoms with Crippen LogP contribution in [0.4, 0.5) is 4.79 Å². The van der Waals surface area contributed by atoms with Gasteiger partial charge in [0.2, 0.25) is 5.91 Å². The van der Waals surface area contributed by atoms with Crippen molar-refractivity contribution in [3.63, 3.8) is 0 Å². The van der Waals surface area contributed by atoms with Gasteiger partial charge in [0.25, 0.3) is 0 Å². The van der Waals surface area contributed by atoms with Gasteiger partial charge in [0.05, 0.1) is 5.92 Å². The summed E-state index contributed by atoms with van der Waals surface area (Å²) in [7, 11) is 0. The summed E-state index contributed by atoms with van der Waals surface area (Å²) >= 11 is 0. The molecular formula is C28H34N2O5. The molecule has 1 aliphatic heterocycles. The Labute approximate surface area is 206 Å². The maximum Gasteiger partial charge on any atom is 0.407 e. The van der Waals surface area contributed by atoms with E-state index in [2.05, 4.69) is 43.4 Å². The first kappa shape index (κ1) is 24.8. The zero-order valence-electron chi connectivity index (χ0n) is 20.4. The third kappa shape index (κ3) is 5.66. The molecule has 1 heterocycles. The number of nitrogens with zero attached hydrogens (tertiary/aromatic N) is 1. The lowest BCUT2D eigenvalue weighted by Gasteiger charge is -2.33. The first-order chi connectivity index (χ1) is 16.8. The lowest BCUT2D eigenvalue weighted by atomic mass is 9.95. The normalized spacial score (nSPS) is 16.5. The molecule has 186 valence electrons. The van der Waals surface area contributed by atoms with Gasteiger partial charge in [0.15, 0.2) is 0 Å². The number of ether oxygens (including phenoxy) is 1. The van der Waals surface area contributed by atoms with Crippen molar-refractivity contribution in [3.05, 3.63) is 59.7 Å². The number of fused-ring (bicyclic) bond motifs is 3. The average Bonchev–Trinajstić information content (AvgIpc) is 3.18. The fourth-order valence-corrected chi connectivity index (χ4v) is 5.11. The Morgan fingerprint density at radius 3 is 2.09 bits per heavy atom. The van der Waals surface area contributed by atoms with Gasteiger partial charge in [-0.2, -0.15) is 0 Å². The first-order valence-corrected chi connectivity index (χ1v) is 12.5. The Morgan fingerprint density at radius 2 is 1.54 bits per heavy atom. The average molecular weight is 479 g/mol. The number of benzene rings is 2. The van der Waals surface area contributed by atoms with Gasteiger partial charge < -0.3 is 20.1 Å². The standard InChI is InChI=1S/C28H34N2O5/c1-18(2)11-12-25(26(31)30-15-13-19(14-16-30)27(32)33)29-28(34)35-17-24-22-9-5-3-7-20(22)21-8-4-6-10-23(21)24/h3-10,18-19,24-25H,11-17H2,1-2H3,(H,29,34)(H,32,33). The van der Waals surface area contributed by atoms with Crippen LogP contribution in [-0.2, 0) is 14.3 Å². The van der Waals surface area contributed by atoms with E-state index in [0.29, 0.717) is 38.3 Å². The largest absolute Gasteiger partial charge is 0.481 e. The number of hydrogen-bond donors (Lipinski definition) is 2. The summed E-state index contributed by atoms with van der Waals surface area (Å²) in [5.74, 6) is -1.06. The highest BCUT2D eigenvalue weighted by atomic mass is 16.5. The van der Waals surface area contributed by atoms with Gasteiger partial charge in [-0.1, -0.05) is 62.4 Å². The quantitative estimate of drug-likeness (QED) is 0.576. The number of carboxylic acids is 1. The molecule has 0 aromatic heterocycles. The van der Waals surface area contributed by atoms with Crippen LogP contribution in [0.25, 0.3) is 11.1 Å². The lowest BCUT2D eigenvalue weighted by molar-refractivity contribution is -0.146. The van der Waals surface area contributed by atoms with Gasteiger partial charge in [0, 0.05) is 19.0 Å². The second-order valence-corrected chi connectivity index (χ2v) is 9.93. The maximum atomic E-state index is 13.2. The number of piperidine rings is 1. The second-order valence-electron chi connectivity index (χ2n) is 9.93. The maximum absolute atomic E-state index is 13.2. The Hall–Kier alpha value is -3.35. The van der Waals surface area contributed by atoms with Gasteiger partial charge in [-0.25, -0.2) is 4.79 Å². The highest BCUT2D eigenvalue weighted by Gasteiger charge is 2.33. The van der Waals surface area contributed by atoms with Crippen molar-refractivity contribution in [3.8, 4) is 11.1 Å². The molecule has 2 N–H and O–H groups in total. The molecule has 1 unspecified atom stereocenters. The number of nitrogens with one attached hydrogen (secondary N) is 1. The van der Waals surface area contributed by atoms with Crippen molar-refractivity contribution < 1.29 is 24.2 Å². The number of amides is 2. The highest BCUT2D eigenvalue weighted by Crippen LogP contribution is 2.44. The Balaban J connectivity index is 1.39. The van der Waals surface area contributed by atoms with Crippen molar-refractivity contribution >= 4 is 18.0 Å². The van der Waals surface area contributed by atoms with Gasteiger partial charge in [0.1, 0.15) is 12.6 Å². The minimum atomic E-state index is -0.815. The summed E-state index contributed by atoms with van der Waals surface area (Å²) in [6.07, 6.45) is 1.56. The van der Waals surface area contributed by atoms with Crippen molar-refractivity contribution in [2.75, 3.05) is 19.7 Å². The topological polar surface area (TPSA) is 95.9 Å². The number of rotatable bonds is 8. The van der Waals surface area contributed by atoms with Crippen LogP contribution < -0.4 is 5.32 Å². The molecule has 7 heteroatoms. The van der Waals surface area contributed by atoms with E-state index in [9.17, 15) is 19.5 Å². The molecule has 1 saturated heterocycles. The SMILES string of the molecule is CC(C)CCC(NC(=O)OCC1c2ccccc2-c2ccccc21)C(=O)N1CCC(C(=O)O)CC1. The zero-order chi connectivity index (χ0) is 24.9. The summed E-state index contributed by atoms with van der Waals surface area (Å²) in [5, 5.41) is 12.0. The Bertz CT molecular complexity index is 1030. The molecule has 7 nitrogen and oxygen atoms in total. The molecule has 1 atom stereocenters. The fourth-order valence-electron chi connectivity index (χ4n) is 5.11. The smallest absolute Gasteiger partial charge is 0.407 e. The van der Waals surface area contributed by atoms with Gasteiger partial charge in [-0.15, -0.1) is 0 Å². The molecule has 0 spiro atoms. The van der Waals surface area contributed by atoms with E-state index in [1.54, 1.807) is 4.90 Å². The highest BCUT2D eigenvalue weighted by molar-refractivity contribution is 5.86. The molecule has 2 aromatic rings. The first-order valence-electron chi connectivity index (χ1n) is 12.5. The molecular weight excluding hydrogens is 444 g/mol.